The van der Waals surface area contributed by atoms with Gasteiger partial charge in [-0.2, -0.15) is 0 Å². The van der Waals surface area contributed by atoms with Crippen LogP contribution < -0.4 is 0 Å². The lowest BCUT2D eigenvalue weighted by Crippen LogP contribution is -2.02. The highest BCUT2D eigenvalue weighted by atomic mass is 35.5. The Bertz CT molecular complexity index is 576. The Hall–Kier alpha value is -1.15. The van der Waals surface area contributed by atoms with Crippen molar-refractivity contribution in [2.24, 2.45) is 11.8 Å². The number of hydrogen-bond acceptors (Lipinski definition) is 2. The number of fused-ring (bicyclic) bond motifs is 1. The van der Waals surface area contributed by atoms with E-state index >= 15 is 0 Å². The molecule has 1 heterocycles. The fourth-order valence-corrected chi connectivity index (χ4v) is 2.54. The van der Waals surface area contributed by atoms with Crippen molar-refractivity contribution in [2.45, 2.75) is 40.5 Å². The van der Waals surface area contributed by atoms with Crippen LogP contribution in [0.3, 0.4) is 0 Å². The topological polar surface area (TPSA) is 25.8 Å². The molecule has 0 spiro atoms. The fourth-order valence-electron chi connectivity index (χ4n) is 2.35. The maximum atomic E-state index is 6.01. The number of aromatic nitrogens is 2. The molecule has 19 heavy (non-hydrogen) atoms. The van der Waals surface area contributed by atoms with Crippen LogP contribution in [0.1, 0.15) is 39.0 Å². The van der Waals surface area contributed by atoms with E-state index in [4.69, 9.17) is 11.6 Å². The van der Waals surface area contributed by atoms with Gasteiger partial charge < -0.3 is 0 Å². The molecule has 3 heteroatoms. The van der Waals surface area contributed by atoms with Gasteiger partial charge in [0, 0.05) is 5.39 Å². The molecule has 0 fully saturated rings. The lowest BCUT2D eigenvalue weighted by Gasteiger charge is -2.11. The number of rotatable bonds is 4. The third-order valence-corrected chi connectivity index (χ3v) is 3.23. The highest BCUT2D eigenvalue weighted by molar-refractivity contribution is 6.28. The Balaban J connectivity index is 2.51. The summed E-state index contributed by atoms with van der Waals surface area (Å²) in [6, 6.07) is 6.43. The van der Waals surface area contributed by atoms with Crippen LogP contribution in [0.5, 0.6) is 0 Å². The second-order valence-corrected chi connectivity index (χ2v) is 6.32. The lowest BCUT2D eigenvalue weighted by atomic mass is 9.98. The summed E-state index contributed by atoms with van der Waals surface area (Å²) in [7, 11) is 0. The van der Waals surface area contributed by atoms with Crippen LogP contribution >= 0.6 is 11.6 Å². The lowest BCUT2D eigenvalue weighted by molar-refractivity contribution is 0.637. The summed E-state index contributed by atoms with van der Waals surface area (Å²) >= 11 is 6.01. The molecule has 0 aliphatic rings. The zero-order chi connectivity index (χ0) is 14.0. The minimum Gasteiger partial charge on any atom is -0.222 e. The van der Waals surface area contributed by atoms with E-state index in [1.165, 1.54) is 5.56 Å². The maximum absolute atomic E-state index is 6.01. The van der Waals surface area contributed by atoms with E-state index in [9.17, 15) is 0 Å². The van der Waals surface area contributed by atoms with E-state index in [2.05, 4.69) is 55.9 Å². The molecule has 0 saturated carbocycles. The zero-order valence-electron chi connectivity index (χ0n) is 12.1. The molecule has 0 atom stereocenters. The normalized spacial score (nSPS) is 11.7. The SMILES string of the molecule is CC(C)Cc1ccc2nc(Cl)nc(CC(C)C)c2c1. The van der Waals surface area contributed by atoms with Gasteiger partial charge >= 0.3 is 0 Å². The average Bonchev–Trinajstić information content (AvgIpc) is 2.28. The van der Waals surface area contributed by atoms with E-state index in [1.54, 1.807) is 0 Å². The zero-order valence-corrected chi connectivity index (χ0v) is 12.8. The first-order chi connectivity index (χ1) is 8.95. The van der Waals surface area contributed by atoms with Crippen LogP contribution in [-0.2, 0) is 12.8 Å². The van der Waals surface area contributed by atoms with Gasteiger partial charge in [-0.05, 0) is 54.0 Å². The molecule has 1 aromatic carbocycles. The smallest absolute Gasteiger partial charge is 0.222 e. The molecule has 0 aliphatic carbocycles. The number of nitrogens with zero attached hydrogens (tertiary/aromatic N) is 2. The fraction of sp³-hybridized carbons (Fsp3) is 0.500. The van der Waals surface area contributed by atoms with Gasteiger partial charge in [-0.25, -0.2) is 9.97 Å². The molecule has 0 unspecified atom stereocenters. The first-order valence-corrected chi connectivity index (χ1v) is 7.28. The number of halogens is 1. The van der Waals surface area contributed by atoms with Gasteiger partial charge in [-0.3, -0.25) is 0 Å². The molecule has 0 N–H and O–H groups in total. The van der Waals surface area contributed by atoms with E-state index in [-0.39, 0.29) is 0 Å². The summed E-state index contributed by atoms with van der Waals surface area (Å²) in [5.41, 5.74) is 3.36. The van der Waals surface area contributed by atoms with Crippen molar-refractivity contribution in [3.8, 4) is 0 Å². The Morgan fingerprint density at radius 3 is 2.32 bits per heavy atom. The molecule has 2 aromatic rings. The molecular formula is C16H21ClN2. The molecule has 2 rings (SSSR count). The van der Waals surface area contributed by atoms with Crippen molar-refractivity contribution in [1.29, 1.82) is 0 Å². The summed E-state index contributed by atoms with van der Waals surface area (Å²) in [5, 5.41) is 1.50. The molecule has 2 nitrogen and oxygen atoms in total. The summed E-state index contributed by atoms with van der Waals surface area (Å²) in [6.45, 7) is 8.86. The molecule has 0 bridgehead atoms. The van der Waals surface area contributed by atoms with Crippen molar-refractivity contribution >= 4 is 22.5 Å². The summed E-state index contributed by atoms with van der Waals surface area (Å²) in [4.78, 5) is 8.73. The Morgan fingerprint density at radius 2 is 1.68 bits per heavy atom. The molecule has 102 valence electrons. The van der Waals surface area contributed by atoms with Gasteiger partial charge in [-0.15, -0.1) is 0 Å². The van der Waals surface area contributed by atoms with E-state index < -0.39 is 0 Å². The standard InChI is InChI=1S/C16H21ClN2/c1-10(2)7-12-5-6-14-13(9-12)15(8-11(3)4)19-16(17)18-14/h5-6,9-11H,7-8H2,1-4H3. The minimum atomic E-state index is 0.347. The summed E-state index contributed by atoms with van der Waals surface area (Å²) in [6.07, 6.45) is 2.02. The first-order valence-electron chi connectivity index (χ1n) is 6.90. The van der Waals surface area contributed by atoms with E-state index in [0.717, 1.165) is 29.4 Å². The highest BCUT2D eigenvalue weighted by Gasteiger charge is 2.10. The van der Waals surface area contributed by atoms with Crippen molar-refractivity contribution in [3.63, 3.8) is 0 Å². The van der Waals surface area contributed by atoms with Crippen molar-refractivity contribution in [1.82, 2.24) is 9.97 Å². The highest BCUT2D eigenvalue weighted by Crippen LogP contribution is 2.23. The molecule has 0 amide bonds. The van der Waals surface area contributed by atoms with Gasteiger partial charge in [0.25, 0.3) is 0 Å². The quantitative estimate of drug-likeness (QED) is 0.758. The maximum Gasteiger partial charge on any atom is 0.223 e. The van der Waals surface area contributed by atoms with Crippen molar-refractivity contribution < 1.29 is 0 Å². The number of benzene rings is 1. The third kappa shape index (κ3) is 3.66. The van der Waals surface area contributed by atoms with Crippen LogP contribution in [0.2, 0.25) is 5.28 Å². The summed E-state index contributed by atoms with van der Waals surface area (Å²) in [5.74, 6) is 1.21. The first kappa shape index (κ1) is 14.3. The van der Waals surface area contributed by atoms with Crippen molar-refractivity contribution in [3.05, 3.63) is 34.7 Å². The van der Waals surface area contributed by atoms with Gasteiger partial charge in [-0.1, -0.05) is 33.8 Å². The van der Waals surface area contributed by atoms with Gasteiger partial charge in [0.15, 0.2) is 0 Å². The van der Waals surface area contributed by atoms with Crippen LogP contribution in [-0.4, -0.2) is 9.97 Å². The predicted molar refractivity (Wildman–Crippen MR) is 81.6 cm³/mol. The summed E-state index contributed by atoms with van der Waals surface area (Å²) < 4.78 is 0. The Morgan fingerprint density at radius 1 is 1.00 bits per heavy atom. The van der Waals surface area contributed by atoms with Crippen LogP contribution in [0, 0.1) is 11.8 Å². The van der Waals surface area contributed by atoms with E-state index in [0.29, 0.717) is 17.1 Å². The second-order valence-electron chi connectivity index (χ2n) is 5.99. The average molecular weight is 277 g/mol. The van der Waals surface area contributed by atoms with Gasteiger partial charge in [0.2, 0.25) is 5.28 Å². The molecule has 0 saturated heterocycles. The monoisotopic (exact) mass is 276 g/mol. The molecule has 1 aromatic heterocycles. The largest absolute Gasteiger partial charge is 0.223 e. The molecule has 0 aliphatic heterocycles. The second kappa shape index (κ2) is 5.87. The van der Waals surface area contributed by atoms with Gasteiger partial charge in [0.1, 0.15) is 0 Å². The third-order valence-electron chi connectivity index (χ3n) is 3.06. The minimum absolute atomic E-state index is 0.347. The van der Waals surface area contributed by atoms with Crippen molar-refractivity contribution in [2.75, 3.05) is 0 Å². The van der Waals surface area contributed by atoms with Crippen LogP contribution in [0.15, 0.2) is 18.2 Å². The van der Waals surface area contributed by atoms with E-state index in [1.807, 2.05) is 0 Å². The Kier molecular flexibility index (Phi) is 4.41. The Labute approximate surface area is 120 Å². The van der Waals surface area contributed by atoms with Crippen LogP contribution in [0.4, 0.5) is 0 Å². The van der Waals surface area contributed by atoms with Crippen LogP contribution in [0.25, 0.3) is 10.9 Å². The van der Waals surface area contributed by atoms with Gasteiger partial charge in [0.05, 0.1) is 11.2 Å². The number of hydrogen-bond donors (Lipinski definition) is 0. The molecular weight excluding hydrogens is 256 g/mol. The molecule has 0 radical (unpaired) electrons. The predicted octanol–water partition coefficient (Wildman–Crippen LogP) is 4.68.